The van der Waals surface area contributed by atoms with Crippen molar-refractivity contribution in [2.75, 3.05) is 11.6 Å². The van der Waals surface area contributed by atoms with Crippen LogP contribution in [0.5, 0.6) is 0 Å². The van der Waals surface area contributed by atoms with Gasteiger partial charge in [0.1, 0.15) is 0 Å². The average molecular weight is 334 g/mol. The zero-order valence-electron chi connectivity index (χ0n) is 11.1. The molecule has 0 spiro atoms. The molecule has 0 radical (unpaired) electrons. The monoisotopic (exact) mass is 333 g/mol. The van der Waals surface area contributed by atoms with Crippen LogP contribution in [0.3, 0.4) is 0 Å². The second-order valence-corrected chi connectivity index (χ2v) is 7.45. The van der Waals surface area contributed by atoms with E-state index in [1.54, 1.807) is 6.07 Å². The minimum Gasteiger partial charge on any atom is -0.365 e. The summed E-state index contributed by atoms with van der Waals surface area (Å²) < 4.78 is 23.7. The Kier molecular flexibility index (Phi) is 4.09. The summed E-state index contributed by atoms with van der Waals surface area (Å²) in [4.78, 5) is 8.43. The molecule has 1 heterocycles. The zero-order valence-corrected chi connectivity index (χ0v) is 13.4. The van der Waals surface area contributed by atoms with Crippen LogP contribution in [0.2, 0.25) is 10.0 Å². The third-order valence-corrected chi connectivity index (χ3v) is 4.16. The first-order valence-corrected chi connectivity index (χ1v) is 8.46. The molecule has 2 aromatic rings. The molecule has 1 aromatic carbocycles. The first kappa shape index (κ1) is 15.3. The van der Waals surface area contributed by atoms with Crippen molar-refractivity contribution in [1.82, 2.24) is 9.97 Å². The Labute approximate surface area is 127 Å². The van der Waals surface area contributed by atoms with Crippen LogP contribution in [0.15, 0.2) is 17.2 Å². The second-order valence-electron chi connectivity index (χ2n) is 4.70. The van der Waals surface area contributed by atoms with Crippen LogP contribution in [0.4, 0.5) is 5.82 Å². The second kappa shape index (κ2) is 5.35. The lowest BCUT2D eigenvalue weighted by atomic mass is 10.3. The smallest absolute Gasteiger partial charge is 0.198 e. The molecule has 0 amide bonds. The number of sulfone groups is 1. The van der Waals surface area contributed by atoms with Crippen LogP contribution in [0.25, 0.3) is 11.0 Å². The lowest BCUT2D eigenvalue weighted by Crippen LogP contribution is -2.16. The lowest BCUT2D eigenvalue weighted by molar-refractivity contribution is 0.598. The molecular weight excluding hydrogens is 321 g/mol. The van der Waals surface area contributed by atoms with Gasteiger partial charge in [0.2, 0.25) is 0 Å². The van der Waals surface area contributed by atoms with Gasteiger partial charge in [-0.2, -0.15) is 0 Å². The normalized spacial score (nSPS) is 12.1. The number of rotatable bonds is 3. The van der Waals surface area contributed by atoms with Crippen molar-refractivity contribution in [3.8, 4) is 0 Å². The van der Waals surface area contributed by atoms with E-state index in [4.69, 9.17) is 23.2 Å². The minimum absolute atomic E-state index is 0.0185. The summed E-state index contributed by atoms with van der Waals surface area (Å²) >= 11 is 11.9. The van der Waals surface area contributed by atoms with E-state index in [2.05, 4.69) is 15.3 Å². The van der Waals surface area contributed by atoms with E-state index < -0.39 is 9.84 Å². The summed E-state index contributed by atoms with van der Waals surface area (Å²) in [5.41, 5.74) is 0.865. The number of aromatic nitrogens is 2. The predicted octanol–water partition coefficient (Wildman–Crippen LogP) is 3.16. The molecule has 0 unspecified atom stereocenters. The standard InChI is InChI=1S/C12H13Cl2N3O2S/c1-6(2)15-11-12(20(3,18)19)17-10-5-8(14)7(13)4-9(10)16-11/h4-6H,1-3H3,(H,15,16). The van der Waals surface area contributed by atoms with Crippen LogP contribution >= 0.6 is 23.2 Å². The predicted molar refractivity (Wildman–Crippen MR) is 81.4 cm³/mol. The molecule has 0 atom stereocenters. The molecule has 0 aliphatic rings. The van der Waals surface area contributed by atoms with Gasteiger partial charge >= 0.3 is 0 Å². The summed E-state index contributed by atoms with van der Waals surface area (Å²) in [7, 11) is -3.51. The van der Waals surface area contributed by atoms with Gasteiger partial charge in [-0.1, -0.05) is 23.2 Å². The van der Waals surface area contributed by atoms with E-state index in [9.17, 15) is 8.42 Å². The fourth-order valence-electron chi connectivity index (χ4n) is 1.66. The summed E-state index contributed by atoms with van der Waals surface area (Å²) in [6.07, 6.45) is 1.09. The van der Waals surface area contributed by atoms with Gasteiger partial charge in [-0.05, 0) is 26.0 Å². The largest absolute Gasteiger partial charge is 0.365 e. The van der Waals surface area contributed by atoms with Crippen LogP contribution < -0.4 is 5.32 Å². The number of nitrogens with one attached hydrogen (secondary N) is 1. The van der Waals surface area contributed by atoms with Crippen molar-refractivity contribution in [2.45, 2.75) is 24.9 Å². The minimum atomic E-state index is -3.51. The summed E-state index contributed by atoms with van der Waals surface area (Å²) in [6, 6.07) is 3.08. The third-order valence-electron chi connectivity index (χ3n) is 2.45. The summed E-state index contributed by atoms with van der Waals surface area (Å²) in [5, 5.41) is 3.52. The molecule has 0 saturated heterocycles. The van der Waals surface area contributed by atoms with Crippen LogP contribution in [-0.2, 0) is 9.84 Å². The molecule has 8 heteroatoms. The first-order valence-electron chi connectivity index (χ1n) is 5.82. The summed E-state index contributed by atoms with van der Waals surface area (Å²) in [5.74, 6) is 0.216. The number of anilines is 1. The van der Waals surface area contributed by atoms with Crippen molar-refractivity contribution < 1.29 is 8.42 Å². The van der Waals surface area contributed by atoms with E-state index >= 15 is 0 Å². The SMILES string of the molecule is CC(C)Nc1nc2cc(Cl)c(Cl)cc2nc1S(C)(=O)=O. The highest BCUT2D eigenvalue weighted by Crippen LogP contribution is 2.29. The molecular formula is C12H13Cl2N3O2S. The maximum Gasteiger partial charge on any atom is 0.198 e. The Morgan fingerprint density at radius 2 is 1.60 bits per heavy atom. The third kappa shape index (κ3) is 3.13. The van der Waals surface area contributed by atoms with Crippen LogP contribution in [-0.4, -0.2) is 30.7 Å². The van der Waals surface area contributed by atoms with Gasteiger partial charge in [-0.3, -0.25) is 0 Å². The van der Waals surface area contributed by atoms with Gasteiger partial charge in [0, 0.05) is 12.3 Å². The molecule has 108 valence electrons. The zero-order chi connectivity index (χ0) is 15.1. The number of hydrogen-bond donors (Lipinski definition) is 1. The van der Waals surface area contributed by atoms with E-state index in [1.807, 2.05) is 13.8 Å². The molecule has 0 aliphatic carbocycles. The van der Waals surface area contributed by atoms with Gasteiger partial charge in [0.05, 0.1) is 21.1 Å². The highest BCUT2D eigenvalue weighted by molar-refractivity contribution is 7.90. The Bertz CT molecular complexity index is 776. The van der Waals surface area contributed by atoms with Crippen LogP contribution in [0.1, 0.15) is 13.8 Å². The molecule has 0 fully saturated rings. The van der Waals surface area contributed by atoms with Crippen LogP contribution in [0, 0.1) is 0 Å². The number of benzene rings is 1. The highest BCUT2D eigenvalue weighted by atomic mass is 35.5. The fraction of sp³-hybridized carbons (Fsp3) is 0.333. The van der Waals surface area contributed by atoms with Crippen molar-refractivity contribution >= 4 is 49.9 Å². The molecule has 0 aliphatic heterocycles. The Morgan fingerprint density at radius 3 is 2.05 bits per heavy atom. The van der Waals surface area contributed by atoms with Crippen molar-refractivity contribution in [3.63, 3.8) is 0 Å². The molecule has 1 aromatic heterocycles. The summed E-state index contributed by atoms with van der Waals surface area (Å²) in [6.45, 7) is 3.76. The van der Waals surface area contributed by atoms with Crippen molar-refractivity contribution in [3.05, 3.63) is 22.2 Å². The fourth-order valence-corrected chi connectivity index (χ4v) is 2.70. The topological polar surface area (TPSA) is 72.0 Å². The number of nitrogens with zero attached hydrogens (tertiary/aromatic N) is 2. The number of fused-ring (bicyclic) bond motifs is 1. The van der Waals surface area contributed by atoms with Gasteiger partial charge in [-0.15, -0.1) is 0 Å². The Balaban J connectivity index is 2.78. The lowest BCUT2D eigenvalue weighted by Gasteiger charge is -2.13. The Morgan fingerprint density at radius 1 is 1.10 bits per heavy atom. The van der Waals surface area contributed by atoms with Gasteiger partial charge < -0.3 is 5.32 Å². The average Bonchev–Trinajstić information content (AvgIpc) is 2.28. The number of halogens is 2. The number of hydrogen-bond acceptors (Lipinski definition) is 5. The molecule has 5 nitrogen and oxygen atoms in total. The van der Waals surface area contributed by atoms with E-state index in [0.717, 1.165) is 6.26 Å². The Hall–Kier alpha value is -1.11. The van der Waals surface area contributed by atoms with Gasteiger partial charge in [0.25, 0.3) is 0 Å². The van der Waals surface area contributed by atoms with Gasteiger partial charge in [0.15, 0.2) is 20.7 Å². The van der Waals surface area contributed by atoms with E-state index in [-0.39, 0.29) is 16.9 Å². The highest BCUT2D eigenvalue weighted by Gasteiger charge is 2.19. The molecule has 2 rings (SSSR count). The molecule has 1 N–H and O–H groups in total. The van der Waals surface area contributed by atoms with E-state index in [1.165, 1.54) is 6.07 Å². The quantitative estimate of drug-likeness (QED) is 0.933. The van der Waals surface area contributed by atoms with E-state index in [0.29, 0.717) is 21.1 Å². The first-order chi connectivity index (χ1) is 9.18. The maximum atomic E-state index is 11.8. The van der Waals surface area contributed by atoms with Gasteiger partial charge in [-0.25, -0.2) is 18.4 Å². The maximum absolute atomic E-state index is 11.8. The molecule has 0 bridgehead atoms. The molecule has 20 heavy (non-hydrogen) atoms. The molecule has 0 saturated carbocycles. The van der Waals surface area contributed by atoms with Crippen molar-refractivity contribution in [2.24, 2.45) is 0 Å². The van der Waals surface area contributed by atoms with Crippen molar-refractivity contribution in [1.29, 1.82) is 0 Å².